The van der Waals surface area contributed by atoms with Crippen molar-refractivity contribution in [3.63, 3.8) is 0 Å². The smallest absolute Gasteiger partial charge is 0.228 e. The van der Waals surface area contributed by atoms with Crippen LogP contribution >= 0.6 is 27.5 Å². The van der Waals surface area contributed by atoms with Crippen molar-refractivity contribution in [3.05, 3.63) is 21.9 Å². The quantitative estimate of drug-likeness (QED) is 0.822. The van der Waals surface area contributed by atoms with Crippen LogP contribution < -0.4 is 10.6 Å². The average molecular weight is 305 g/mol. The molecule has 2 rings (SSSR count). The van der Waals surface area contributed by atoms with Gasteiger partial charge in [0.15, 0.2) is 0 Å². The maximum Gasteiger partial charge on any atom is 0.228 e. The van der Waals surface area contributed by atoms with E-state index in [9.17, 15) is 4.79 Å². The van der Waals surface area contributed by atoms with Crippen molar-refractivity contribution in [2.75, 3.05) is 18.4 Å². The van der Waals surface area contributed by atoms with Crippen LogP contribution in [0.1, 0.15) is 6.42 Å². The first-order chi connectivity index (χ1) is 7.66. The third kappa shape index (κ3) is 2.72. The number of aromatic nitrogens is 1. The summed E-state index contributed by atoms with van der Waals surface area (Å²) in [5, 5.41) is 6.36. The predicted molar refractivity (Wildman–Crippen MR) is 66.6 cm³/mol. The molecule has 1 unspecified atom stereocenters. The Morgan fingerprint density at radius 2 is 2.50 bits per heavy atom. The Kier molecular flexibility index (Phi) is 3.78. The van der Waals surface area contributed by atoms with Gasteiger partial charge in [-0.15, -0.1) is 0 Å². The topological polar surface area (TPSA) is 54.0 Å². The Morgan fingerprint density at radius 1 is 1.69 bits per heavy atom. The molecule has 6 heteroatoms. The molecule has 1 atom stereocenters. The molecule has 1 fully saturated rings. The van der Waals surface area contributed by atoms with Gasteiger partial charge in [0, 0.05) is 6.54 Å². The number of hydrogen-bond acceptors (Lipinski definition) is 3. The Morgan fingerprint density at radius 3 is 3.12 bits per heavy atom. The zero-order valence-corrected chi connectivity index (χ0v) is 10.8. The highest BCUT2D eigenvalue weighted by atomic mass is 79.9. The number of carbonyl (C=O) groups excluding carboxylic acids is 1. The summed E-state index contributed by atoms with van der Waals surface area (Å²) in [6, 6.07) is 1.75. The highest BCUT2D eigenvalue weighted by molar-refractivity contribution is 9.10. The van der Waals surface area contributed by atoms with E-state index in [2.05, 4.69) is 31.5 Å². The molecule has 0 bridgehead atoms. The SMILES string of the molecule is O=C(Nc1cnc(Cl)c(Br)c1)C1CCNC1. The van der Waals surface area contributed by atoms with Gasteiger partial charge in [-0.1, -0.05) is 11.6 Å². The lowest BCUT2D eigenvalue weighted by Crippen LogP contribution is -2.24. The van der Waals surface area contributed by atoms with Crippen molar-refractivity contribution in [1.29, 1.82) is 0 Å². The van der Waals surface area contributed by atoms with Crippen LogP contribution in [0.3, 0.4) is 0 Å². The van der Waals surface area contributed by atoms with Gasteiger partial charge in [0.25, 0.3) is 0 Å². The van der Waals surface area contributed by atoms with E-state index in [1.165, 1.54) is 0 Å². The maximum atomic E-state index is 11.8. The monoisotopic (exact) mass is 303 g/mol. The van der Waals surface area contributed by atoms with Crippen molar-refractivity contribution in [3.8, 4) is 0 Å². The van der Waals surface area contributed by atoms with Crippen LogP contribution in [0.25, 0.3) is 0 Å². The van der Waals surface area contributed by atoms with Gasteiger partial charge < -0.3 is 10.6 Å². The van der Waals surface area contributed by atoms with Crippen LogP contribution in [0.5, 0.6) is 0 Å². The van der Waals surface area contributed by atoms with Crippen LogP contribution in [-0.4, -0.2) is 24.0 Å². The molecule has 0 spiro atoms. The summed E-state index contributed by atoms with van der Waals surface area (Å²) in [6.07, 6.45) is 2.43. The van der Waals surface area contributed by atoms with Crippen LogP contribution in [0.2, 0.25) is 5.15 Å². The van der Waals surface area contributed by atoms with Gasteiger partial charge in [0.05, 0.1) is 22.3 Å². The summed E-state index contributed by atoms with van der Waals surface area (Å²) in [4.78, 5) is 15.7. The van der Waals surface area contributed by atoms with Gasteiger partial charge in [0.1, 0.15) is 5.15 Å². The molecular formula is C10H11BrClN3O. The van der Waals surface area contributed by atoms with E-state index in [1.54, 1.807) is 12.3 Å². The molecule has 2 heterocycles. The molecule has 1 aromatic rings. The number of nitrogens with one attached hydrogen (secondary N) is 2. The lowest BCUT2D eigenvalue weighted by molar-refractivity contribution is -0.119. The molecule has 1 aliphatic heterocycles. The average Bonchev–Trinajstić information content (AvgIpc) is 2.77. The number of amides is 1. The van der Waals surface area contributed by atoms with Crippen LogP contribution in [-0.2, 0) is 4.79 Å². The van der Waals surface area contributed by atoms with Crippen molar-refractivity contribution in [1.82, 2.24) is 10.3 Å². The zero-order valence-electron chi connectivity index (χ0n) is 8.46. The fraction of sp³-hybridized carbons (Fsp3) is 0.400. The van der Waals surface area contributed by atoms with Crippen molar-refractivity contribution < 1.29 is 4.79 Å². The van der Waals surface area contributed by atoms with E-state index in [1.807, 2.05) is 0 Å². The second-order valence-electron chi connectivity index (χ2n) is 3.68. The first kappa shape index (κ1) is 11.8. The Balaban J connectivity index is 2.02. The molecule has 0 saturated carbocycles. The molecule has 1 aromatic heterocycles. The van der Waals surface area contributed by atoms with E-state index >= 15 is 0 Å². The van der Waals surface area contributed by atoms with E-state index in [4.69, 9.17) is 11.6 Å². The standard InChI is InChI=1S/C10H11BrClN3O/c11-8-3-7(5-14-9(8)12)15-10(16)6-1-2-13-4-6/h3,5-6,13H,1-2,4H2,(H,15,16). The van der Waals surface area contributed by atoms with Gasteiger partial charge >= 0.3 is 0 Å². The molecule has 4 nitrogen and oxygen atoms in total. The lowest BCUT2D eigenvalue weighted by atomic mass is 10.1. The number of halogens is 2. The number of nitrogens with zero attached hydrogens (tertiary/aromatic N) is 1. The molecule has 1 saturated heterocycles. The normalized spacial score (nSPS) is 19.8. The summed E-state index contributed by atoms with van der Waals surface area (Å²) in [5.74, 6) is 0.0791. The Bertz CT molecular complexity index is 407. The van der Waals surface area contributed by atoms with Crippen LogP contribution in [0, 0.1) is 5.92 Å². The number of carbonyl (C=O) groups is 1. The molecule has 0 aliphatic carbocycles. The number of hydrogen-bond donors (Lipinski definition) is 2. The molecule has 0 radical (unpaired) electrons. The molecule has 1 amide bonds. The van der Waals surface area contributed by atoms with Crippen molar-refractivity contribution >= 4 is 39.1 Å². The van der Waals surface area contributed by atoms with E-state index in [0.29, 0.717) is 15.3 Å². The molecule has 86 valence electrons. The minimum atomic E-state index is 0.0287. The maximum absolute atomic E-state index is 11.8. The molecule has 16 heavy (non-hydrogen) atoms. The van der Waals surface area contributed by atoms with Crippen LogP contribution in [0.15, 0.2) is 16.7 Å². The number of anilines is 1. The van der Waals surface area contributed by atoms with Crippen molar-refractivity contribution in [2.45, 2.75) is 6.42 Å². The van der Waals surface area contributed by atoms with E-state index in [0.717, 1.165) is 19.5 Å². The van der Waals surface area contributed by atoms with Gasteiger partial charge in [-0.05, 0) is 35.0 Å². The molecular weight excluding hydrogens is 293 g/mol. The summed E-state index contributed by atoms with van der Waals surface area (Å²) >= 11 is 9.03. The summed E-state index contributed by atoms with van der Waals surface area (Å²) in [6.45, 7) is 1.65. The predicted octanol–water partition coefficient (Wildman–Crippen LogP) is 2.05. The third-order valence-corrected chi connectivity index (χ3v) is 3.63. The van der Waals surface area contributed by atoms with Crippen LogP contribution in [0.4, 0.5) is 5.69 Å². The first-order valence-electron chi connectivity index (χ1n) is 4.99. The highest BCUT2D eigenvalue weighted by Gasteiger charge is 2.22. The van der Waals surface area contributed by atoms with Crippen molar-refractivity contribution in [2.24, 2.45) is 5.92 Å². The minimum Gasteiger partial charge on any atom is -0.324 e. The first-order valence-corrected chi connectivity index (χ1v) is 6.16. The Labute approximate surface area is 107 Å². The van der Waals surface area contributed by atoms with Gasteiger partial charge in [-0.3, -0.25) is 4.79 Å². The van der Waals surface area contributed by atoms with E-state index in [-0.39, 0.29) is 11.8 Å². The highest BCUT2D eigenvalue weighted by Crippen LogP contribution is 2.23. The van der Waals surface area contributed by atoms with Gasteiger partial charge in [0.2, 0.25) is 5.91 Å². The van der Waals surface area contributed by atoms with Gasteiger partial charge in [-0.2, -0.15) is 0 Å². The number of rotatable bonds is 2. The minimum absolute atomic E-state index is 0.0287. The molecule has 0 aromatic carbocycles. The van der Waals surface area contributed by atoms with E-state index < -0.39 is 0 Å². The fourth-order valence-corrected chi connectivity index (χ4v) is 2.06. The third-order valence-electron chi connectivity index (χ3n) is 2.49. The fourth-order valence-electron chi connectivity index (χ4n) is 1.61. The second-order valence-corrected chi connectivity index (χ2v) is 4.89. The Hall–Kier alpha value is -0.650. The summed E-state index contributed by atoms with van der Waals surface area (Å²) < 4.78 is 0.677. The second kappa shape index (κ2) is 5.12. The summed E-state index contributed by atoms with van der Waals surface area (Å²) in [7, 11) is 0. The zero-order chi connectivity index (χ0) is 11.5. The lowest BCUT2D eigenvalue weighted by Gasteiger charge is -2.09. The molecule has 2 N–H and O–H groups in total. The number of pyridine rings is 1. The summed E-state index contributed by atoms with van der Waals surface area (Å²) in [5.41, 5.74) is 0.660. The molecule has 1 aliphatic rings. The van der Waals surface area contributed by atoms with Gasteiger partial charge in [-0.25, -0.2) is 4.98 Å². The largest absolute Gasteiger partial charge is 0.324 e.